The quantitative estimate of drug-likeness (QED) is 0.331. The number of Topliss-reactive ketones (excluding diaryl/α,β-unsaturated/α-hetero) is 1. The van der Waals surface area contributed by atoms with Gasteiger partial charge in [-0.25, -0.2) is 0 Å². The fraction of sp³-hybridized carbons (Fsp3) is 0.765. The highest BCUT2D eigenvalue weighted by Gasteiger charge is 2.35. The monoisotopic (exact) mass is 264 g/mol. The third-order valence-corrected chi connectivity index (χ3v) is 4.28. The molecule has 0 aliphatic heterocycles. The molecule has 2 nitrogen and oxygen atoms in total. The molecule has 19 heavy (non-hydrogen) atoms. The molecule has 1 fully saturated rings. The van der Waals surface area contributed by atoms with Crippen LogP contribution in [0.3, 0.4) is 0 Å². The van der Waals surface area contributed by atoms with Crippen LogP contribution in [0.2, 0.25) is 0 Å². The maximum Gasteiger partial charge on any atom is 0.140 e. The van der Waals surface area contributed by atoms with Crippen molar-refractivity contribution < 1.29 is 9.59 Å². The Kier molecular flexibility index (Phi) is 7.69. The molecule has 0 aromatic rings. The Bertz CT molecular complexity index is 306. The molecular weight excluding hydrogens is 236 g/mol. The van der Waals surface area contributed by atoms with Crippen LogP contribution in [0.15, 0.2) is 12.2 Å². The minimum absolute atomic E-state index is 0.0473. The van der Waals surface area contributed by atoms with E-state index < -0.39 is 0 Å². The first-order valence-corrected chi connectivity index (χ1v) is 7.84. The van der Waals surface area contributed by atoms with Gasteiger partial charge in [0.15, 0.2) is 0 Å². The predicted octanol–water partition coefficient (Wildman–Crippen LogP) is 4.48. The third-order valence-electron chi connectivity index (χ3n) is 4.28. The number of carbonyl (C=O) groups is 2. The first kappa shape index (κ1) is 16.1. The molecule has 0 unspecified atom stereocenters. The van der Waals surface area contributed by atoms with Gasteiger partial charge in [-0.2, -0.15) is 0 Å². The molecule has 1 aliphatic carbocycles. The van der Waals surface area contributed by atoms with Gasteiger partial charge < -0.3 is 4.79 Å². The molecule has 1 rings (SSSR count). The van der Waals surface area contributed by atoms with E-state index in [0.29, 0.717) is 31.0 Å². The summed E-state index contributed by atoms with van der Waals surface area (Å²) in [6.45, 7) is 6.28. The summed E-state index contributed by atoms with van der Waals surface area (Å²) in [5.41, 5.74) is 0.994. The van der Waals surface area contributed by atoms with Crippen LogP contribution in [0.25, 0.3) is 0 Å². The Morgan fingerprint density at radius 3 is 2.74 bits per heavy atom. The maximum atomic E-state index is 12.0. The van der Waals surface area contributed by atoms with E-state index in [9.17, 15) is 9.59 Å². The Morgan fingerprint density at radius 1 is 1.32 bits per heavy atom. The van der Waals surface area contributed by atoms with Crippen molar-refractivity contribution in [1.29, 1.82) is 0 Å². The van der Waals surface area contributed by atoms with Gasteiger partial charge in [0.1, 0.15) is 12.1 Å². The van der Waals surface area contributed by atoms with Gasteiger partial charge in [0, 0.05) is 18.8 Å². The summed E-state index contributed by atoms with van der Waals surface area (Å²) in [5, 5.41) is 0. The van der Waals surface area contributed by atoms with E-state index in [4.69, 9.17) is 0 Å². The smallest absolute Gasteiger partial charge is 0.140 e. The summed E-state index contributed by atoms with van der Waals surface area (Å²) < 4.78 is 0. The highest BCUT2D eigenvalue weighted by atomic mass is 16.1. The van der Waals surface area contributed by atoms with Crippen molar-refractivity contribution >= 4 is 12.1 Å². The average Bonchev–Trinajstić information content (AvgIpc) is 2.77. The number of hydrogen-bond acceptors (Lipinski definition) is 2. The predicted molar refractivity (Wildman–Crippen MR) is 79.0 cm³/mol. The second-order valence-electron chi connectivity index (χ2n) is 5.81. The lowest BCUT2D eigenvalue weighted by Gasteiger charge is -2.20. The molecule has 2 atom stereocenters. The van der Waals surface area contributed by atoms with E-state index in [2.05, 4.69) is 13.5 Å². The van der Waals surface area contributed by atoms with Gasteiger partial charge in [-0.1, -0.05) is 51.2 Å². The Labute approximate surface area is 117 Å². The highest BCUT2D eigenvalue weighted by molar-refractivity contribution is 5.86. The zero-order valence-corrected chi connectivity index (χ0v) is 12.3. The van der Waals surface area contributed by atoms with Gasteiger partial charge in [-0.05, 0) is 25.2 Å². The highest BCUT2D eigenvalue weighted by Crippen LogP contribution is 2.38. The SMILES string of the molecule is C=C(CCC=O)[C@@H]1C(=O)CC[C@@H]1CCCCCCC. The molecule has 0 amide bonds. The van der Waals surface area contributed by atoms with Crippen LogP contribution < -0.4 is 0 Å². The van der Waals surface area contributed by atoms with E-state index in [1.165, 1.54) is 32.1 Å². The Morgan fingerprint density at radius 2 is 2.05 bits per heavy atom. The molecule has 0 saturated heterocycles. The molecule has 2 heteroatoms. The maximum absolute atomic E-state index is 12.0. The topological polar surface area (TPSA) is 34.1 Å². The number of carbonyl (C=O) groups excluding carboxylic acids is 2. The third kappa shape index (κ3) is 5.30. The molecule has 0 heterocycles. The fourth-order valence-corrected chi connectivity index (χ4v) is 3.19. The number of ketones is 1. The zero-order chi connectivity index (χ0) is 14.1. The molecule has 0 aromatic carbocycles. The summed E-state index contributed by atoms with van der Waals surface area (Å²) in [4.78, 5) is 22.4. The lowest BCUT2D eigenvalue weighted by molar-refractivity contribution is -0.120. The van der Waals surface area contributed by atoms with Crippen LogP contribution in [0, 0.1) is 11.8 Å². The van der Waals surface area contributed by atoms with Crippen LogP contribution >= 0.6 is 0 Å². The van der Waals surface area contributed by atoms with E-state index in [-0.39, 0.29) is 5.92 Å². The second-order valence-corrected chi connectivity index (χ2v) is 5.81. The minimum atomic E-state index is 0.0473. The van der Waals surface area contributed by atoms with Crippen molar-refractivity contribution in [3.63, 3.8) is 0 Å². The van der Waals surface area contributed by atoms with Crippen molar-refractivity contribution in [2.45, 2.75) is 71.1 Å². The molecule has 1 saturated carbocycles. The molecule has 0 N–H and O–H groups in total. The van der Waals surface area contributed by atoms with Crippen molar-refractivity contribution in [2.24, 2.45) is 11.8 Å². The van der Waals surface area contributed by atoms with Crippen LogP contribution in [-0.4, -0.2) is 12.1 Å². The fourth-order valence-electron chi connectivity index (χ4n) is 3.19. The van der Waals surface area contributed by atoms with Crippen molar-refractivity contribution in [2.75, 3.05) is 0 Å². The van der Waals surface area contributed by atoms with Crippen molar-refractivity contribution in [3.8, 4) is 0 Å². The Balaban J connectivity index is 2.36. The van der Waals surface area contributed by atoms with Gasteiger partial charge in [-0.3, -0.25) is 4.79 Å². The van der Waals surface area contributed by atoms with Crippen molar-refractivity contribution in [1.82, 2.24) is 0 Å². The molecular formula is C17H28O2. The molecule has 0 radical (unpaired) electrons. The van der Waals surface area contributed by atoms with Crippen LogP contribution in [-0.2, 0) is 9.59 Å². The number of hydrogen-bond donors (Lipinski definition) is 0. The molecule has 0 spiro atoms. The van der Waals surface area contributed by atoms with E-state index in [0.717, 1.165) is 24.7 Å². The zero-order valence-electron chi connectivity index (χ0n) is 12.3. The number of unbranched alkanes of at least 4 members (excludes halogenated alkanes) is 4. The normalized spacial score (nSPS) is 22.7. The van der Waals surface area contributed by atoms with E-state index in [1.807, 2.05) is 0 Å². The number of aldehydes is 1. The van der Waals surface area contributed by atoms with Gasteiger partial charge in [-0.15, -0.1) is 0 Å². The summed E-state index contributed by atoms with van der Waals surface area (Å²) >= 11 is 0. The number of rotatable bonds is 10. The first-order chi connectivity index (χ1) is 9.20. The molecule has 1 aliphatic rings. The summed E-state index contributed by atoms with van der Waals surface area (Å²) in [7, 11) is 0. The van der Waals surface area contributed by atoms with Gasteiger partial charge in [0.2, 0.25) is 0 Å². The summed E-state index contributed by atoms with van der Waals surface area (Å²) in [6.07, 6.45) is 11.4. The summed E-state index contributed by atoms with van der Waals surface area (Å²) in [5.74, 6) is 0.897. The van der Waals surface area contributed by atoms with Gasteiger partial charge >= 0.3 is 0 Å². The second kappa shape index (κ2) is 9.06. The van der Waals surface area contributed by atoms with Gasteiger partial charge in [0.25, 0.3) is 0 Å². The lowest BCUT2D eigenvalue weighted by atomic mass is 9.83. The van der Waals surface area contributed by atoms with E-state index >= 15 is 0 Å². The Hall–Kier alpha value is -0.920. The minimum Gasteiger partial charge on any atom is -0.303 e. The van der Waals surface area contributed by atoms with Crippen LogP contribution in [0.5, 0.6) is 0 Å². The molecule has 0 aromatic heterocycles. The standard InChI is InChI=1S/C17H28O2/c1-3-4-5-6-7-10-15-11-12-16(19)17(15)14(2)9-8-13-18/h13,15,17H,2-12H2,1H3/t15-,17-/m0/s1. The summed E-state index contributed by atoms with van der Waals surface area (Å²) in [6, 6.07) is 0. The lowest BCUT2D eigenvalue weighted by Crippen LogP contribution is -2.17. The van der Waals surface area contributed by atoms with E-state index in [1.54, 1.807) is 0 Å². The van der Waals surface area contributed by atoms with Crippen LogP contribution in [0.4, 0.5) is 0 Å². The molecule has 108 valence electrons. The number of allylic oxidation sites excluding steroid dienone is 1. The molecule has 0 bridgehead atoms. The van der Waals surface area contributed by atoms with Gasteiger partial charge in [0.05, 0.1) is 0 Å². The first-order valence-electron chi connectivity index (χ1n) is 7.84. The largest absolute Gasteiger partial charge is 0.303 e. The van der Waals surface area contributed by atoms with Crippen molar-refractivity contribution in [3.05, 3.63) is 12.2 Å². The average molecular weight is 264 g/mol. The van der Waals surface area contributed by atoms with Crippen LogP contribution in [0.1, 0.15) is 71.1 Å².